The summed E-state index contributed by atoms with van der Waals surface area (Å²) in [6.45, 7) is 1.98. The summed E-state index contributed by atoms with van der Waals surface area (Å²) in [5.41, 5.74) is 10.6. The molecule has 0 spiro atoms. The molecule has 0 radical (unpaired) electrons. The summed E-state index contributed by atoms with van der Waals surface area (Å²) >= 11 is 0. The first-order valence-electron chi connectivity index (χ1n) is 9.66. The number of carbonyl (C=O) groups is 1. The molecule has 0 unspecified atom stereocenters. The second kappa shape index (κ2) is 7.60. The molecule has 2 heterocycles. The van der Waals surface area contributed by atoms with Crippen molar-refractivity contribution in [3.63, 3.8) is 0 Å². The van der Waals surface area contributed by atoms with Gasteiger partial charge in [0, 0.05) is 57.3 Å². The fourth-order valence-corrected chi connectivity index (χ4v) is 3.88. The van der Waals surface area contributed by atoms with Crippen LogP contribution in [-0.4, -0.2) is 19.6 Å². The Balaban J connectivity index is 1.51. The number of benzene rings is 2. The minimum Gasteiger partial charge on any atom is -0.370 e. The molecule has 0 aliphatic rings. The van der Waals surface area contributed by atoms with E-state index in [1.165, 1.54) is 10.9 Å². The lowest BCUT2D eigenvalue weighted by Gasteiger charge is -2.05. The normalized spacial score (nSPS) is 11.5. The van der Waals surface area contributed by atoms with E-state index in [1.807, 2.05) is 24.3 Å². The summed E-state index contributed by atoms with van der Waals surface area (Å²) in [4.78, 5) is 23.3. The fraction of sp³-hybridized carbons (Fsp3) is 0.273. The zero-order valence-electron chi connectivity index (χ0n) is 16.7. The Labute approximate surface area is 168 Å². The number of rotatable bonds is 7. The van der Waals surface area contributed by atoms with Gasteiger partial charge in [0.15, 0.2) is 0 Å². The summed E-state index contributed by atoms with van der Waals surface area (Å²) in [6, 6.07) is 14.3. The number of aromatic nitrogens is 3. The number of hydrogen-bond acceptors (Lipinski definition) is 3. The molecule has 0 bridgehead atoms. The van der Waals surface area contributed by atoms with Crippen LogP contribution in [0.4, 0.5) is 0 Å². The Kier molecular flexibility index (Phi) is 4.98. The Bertz CT molecular complexity index is 1260. The number of nitrogens with zero attached hydrogens (tertiary/aromatic N) is 3. The number of nitrogens with two attached hydrogens (primary N) is 1. The van der Waals surface area contributed by atoms with Gasteiger partial charge in [0.25, 0.3) is 0 Å². The number of fused-ring (bicyclic) bond motifs is 2. The van der Waals surface area contributed by atoms with Gasteiger partial charge in [0.2, 0.25) is 5.91 Å². The minimum absolute atomic E-state index is 0.0196. The predicted octanol–water partition coefficient (Wildman–Crippen LogP) is 2.00. The van der Waals surface area contributed by atoms with Crippen LogP contribution in [0.1, 0.15) is 17.5 Å². The maximum atomic E-state index is 12.1. The van der Waals surface area contributed by atoms with Crippen molar-refractivity contribution in [3.05, 3.63) is 70.3 Å². The summed E-state index contributed by atoms with van der Waals surface area (Å²) < 4.78 is 5.42. The van der Waals surface area contributed by atoms with Crippen molar-refractivity contribution >= 4 is 27.8 Å². The summed E-state index contributed by atoms with van der Waals surface area (Å²) in [5, 5.41) is 4.67. The Morgan fingerprint density at radius 3 is 2.55 bits per heavy atom. The maximum Gasteiger partial charge on any atom is 0.328 e. The van der Waals surface area contributed by atoms with Gasteiger partial charge in [0.1, 0.15) is 0 Å². The zero-order chi connectivity index (χ0) is 20.5. The van der Waals surface area contributed by atoms with Crippen LogP contribution in [0.2, 0.25) is 0 Å². The topological polar surface area (TPSA) is 87.0 Å². The van der Waals surface area contributed by atoms with Crippen LogP contribution in [0.25, 0.3) is 21.9 Å². The van der Waals surface area contributed by atoms with Crippen LogP contribution >= 0.6 is 0 Å². The van der Waals surface area contributed by atoms with Crippen LogP contribution in [0.15, 0.2) is 53.5 Å². The van der Waals surface area contributed by atoms with Gasteiger partial charge in [-0.1, -0.05) is 24.3 Å². The molecule has 0 aliphatic carbocycles. The van der Waals surface area contributed by atoms with Crippen molar-refractivity contribution in [2.75, 3.05) is 0 Å². The van der Waals surface area contributed by atoms with Crippen molar-refractivity contribution in [1.82, 2.24) is 19.0 Å². The molecular formula is C22H25N5O2. The molecule has 7 heteroatoms. The molecule has 4 aromatic rings. The van der Waals surface area contributed by atoms with Gasteiger partial charge < -0.3 is 15.6 Å². The number of carbonyl (C=O) groups excluding carboxylic acids is 1. The van der Waals surface area contributed by atoms with E-state index in [-0.39, 0.29) is 11.6 Å². The second-order valence-electron chi connectivity index (χ2n) is 7.41. The van der Waals surface area contributed by atoms with Gasteiger partial charge in [-0.25, -0.2) is 4.79 Å². The van der Waals surface area contributed by atoms with Gasteiger partial charge in [-0.3, -0.25) is 13.9 Å². The van der Waals surface area contributed by atoms with Gasteiger partial charge in [0.05, 0.1) is 11.0 Å². The first-order chi connectivity index (χ1) is 14.0. The molecule has 29 heavy (non-hydrogen) atoms. The number of primary amides is 1. The minimum atomic E-state index is -0.298. The standard InChI is InChI=1S/C22H25N5O2/c1-25-19-8-7-15(11-20(19)26(2)22(25)29)12-24-13-16-14-27(10-9-21(23)28)18-6-4-3-5-17(16)18/h3-8,11,14,24H,9-10,12-13H2,1-2H3,(H2,23,28). The molecule has 4 rings (SSSR count). The highest BCUT2D eigenvalue weighted by molar-refractivity contribution is 5.84. The molecule has 2 aromatic heterocycles. The number of hydrogen-bond donors (Lipinski definition) is 2. The van der Waals surface area contributed by atoms with Crippen LogP contribution < -0.4 is 16.7 Å². The molecule has 0 saturated heterocycles. The predicted molar refractivity (Wildman–Crippen MR) is 114 cm³/mol. The molecule has 0 aliphatic heterocycles. The lowest BCUT2D eigenvalue weighted by molar-refractivity contribution is -0.118. The van der Waals surface area contributed by atoms with E-state index in [0.717, 1.165) is 22.1 Å². The number of amides is 1. The monoisotopic (exact) mass is 391 g/mol. The molecule has 2 aromatic carbocycles. The van der Waals surface area contributed by atoms with Gasteiger partial charge in [-0.2, -0.15) is 0 Å². The van der Waals surface area contributed by atoms with Crippen molar-refractivity contribution in [3.8, 4) is 0 Å². The Morgan fingerprint density at radius 1 is 1.00 bits per heavy atom. The Morgan fingerprint density at radius 2 is 1.76 bits per heavy atom. The van der Waals surface area contributed by atoms with E-state index in [4.69, 9.17) is 5.73 Å². The summed E-state index contributed by atoms with van der Waals surface area (Å²) in [7, 11) is 3.58. The first-order valence-corrected chi connectivity index (χ1v) is 9.66. The van der Waals surface area contributed by atoms with E-state index >= 15 is 0 Å². The van der Waals surface area contributed by atoms with E-state index < -0.39 is 0 Å². The molecule has 0 fully saturated rings. The van der Waals surface area contributed by atoms with Crippen LogP contribution in [0.5, 0.6) is 0 Å². The third-order valence-electron chi connectivity index (χ3n) is 5.45. The maximum absolute atomic E-state index is 12.1. The lowest BCUT2D eigenvalue weighted by Crippen LogP contribution is -2.19. The van der Waals surface area contributed by atoms with E-state index in [9.17, 15) is 9.59 Å². The molecule has 0 saturated carbocycles. The second-order valence-corrected chi connectivity index (χ2v) is 7.41. The zero-order valence-corrected chi connectivity index (χ0v) is 16.7. The number of para-hydroxylation sites is 1. The fourth-order valence-electron chi connectivity index (χ4n) is 3.88. The smallest absolute Gasteiger partial charge is 0.328 e. The SMILES string of the molecule is Cn1c(=O)n(C)c2cc(CNCc3cn(CCC(N)=O)c4ccccc34)ccc21. The molecule has 150 valence electrons. The van der Waals surface area contributed by atoms with Crippen molar-refractivity contribution < 1.29 is 4.79 Å². The highest BCUT2D eigenvalue weighted by Gasteiger charge is 2.10. The number of imidazole rings is 1. The molecule has 1 amide bonds. The van der Waals surface area contributed by atoms with Crippen molar-refractivity contribution in [2.24, 2.45) is 19.8 Å². The van der Waals surface area contributed by atoms with Gasteiger partial charge in [-0.05, 0) is 29.3 Å². The summed E-state index contributed by atoms with van der Waals surface area (Å²) in [6.07, 6.45) is 2.41. The third-order valence-corrected chi connectivity index (χ3v) is 5.45. The molecule has 3 N–H and O–H groups in total. The van der Waals surface area contributed by atoms with E-state index in [2.05, 4.69) is 34.3 Å². The molecule has 7 nitrogen and oxygen atoms in total. The lowest BCUT2D eigenvalue weighted by atomic mass is 10.1. The van der Waals surface area contributed by atoms with Crippen LogP contribution in [-0.2, 0) is 38.5 Å². The van der Waals surface area contributed by atoms with Crippen LogP contribution in [0.3, 0.4) is 0 Å². The molecular weight excluding hydrogens is 366 g/mol. The van der Waals surface area contributed by atoms with E-state index in [1.54, 1.807) is 23.2 Å². The highest BCUT2D eigenvalue weighted by atomic mass is 16.2. The van der Waals surface area contributed by atoms with Crippen molar-refractivity contribution in [2.45, 2.75) is 26.1 Å². The number of aryl methyl sites for hydroxylation is 3. The highest BCUT2D eigenvalue weighted by Crippen LogP contribution is 2.22. The number of nitrogens with one attached hydrogen (secondary N) is 1. The van der Waals surface area contributed by atoms with Crippen molar-refractivity contribution in [1.29, 1.82) is 0 Å². The first kappa shape index (κ1) is 19.0. The molecule has 0 atom stereocenters. The Hall–Kier alpha value is -3.32. The average Bonchev–Trinajstić information content (AvgIpc) is 3.17. The average molecular weight is 391 g/mol. The van der Waals surface area contributed by atoms with Gasteiger partial charge >= 0.3 is 5.69 Å². The van der Waals surface area contributed by atoms with Crippen LogP contribution in [0, 0.1) is 0 Å². The quantitative estimate of drug-likeness (QED) is 0.505. The van der Waals surface area contributed by atoms with Gasteiger partial charge in [-0.15, -0.1) is 0 Å². The largest absolute Gasteiger partial charge is 0.370 e. The van der Waals surface area contributed by atoms with E-state index in [0.29, 0.717) is 26.1 Å². The third kappa shape index (κ3) is 3.56. The summed E-state index contributed by atoms with van der Waals surface area (Å²) in [5.74, 6) is -0.298.